The number of hydrogen-bond acceptors (Lipinski definition) is 6. The second-order valence-electron chi connectivity index (χ2n) is 8.73. The fourth-order valence-electron chi connectivity index (χ4n) is 4.28. The first kappa shape index (κ1) is 24.1. The first-order chi connectivity index (χ1) is 16.9. The highest BCUT2D eigenvalue weighted by Gasteiger charge is 2.33. The van der Waals surface area contributed by atoms with Crippen LogP contribution in [0.15, 0.2) is 65.9 Å². The minimum Gasteiger partial charge on any atom is -0.508 e. The summed E-state index contributed by atoms with van der Waals surface area (Å²) >= 11 is 0. The molecule has 1 saturated heterocycles. The maximum Gasteiger partial charge on any atom is 0.410 e. The van der Waals surface area contributed by atoms with Crippen LogP contribution in [0.3, 0.4) is 0 Å². The molecule has 2 aliphatic rings. The third kappa shape index (κ3) is 6.11. The Kier molecular flexibility index (Phi) is 7.54. The molecule has 2 aromatic carbocycles. The average molecular weight is 480 g/mol. The molecular formula is C26H29N3O6. The number of esters is 1. The van der Waals surface area contributed by atoms with Gasteiger partial charge in [-0.25, -0.2) is 14.4 Å². The number of piperidine rings is 1. The normalized spacial score (nSPS) is 18.5. The third-order valence-corrected chi connectivity index (χ3v) is 6.22. The van der Waals surface area contributed by atoms with Crippen LogP contribution in [0.25, 0.3) is 0 Å². The SMILES string of the molecule is CC1=C(C(=O)OCC2CCN(C(=O)OCc3ccccc3)CC2)C(c2cccc(O)c2)NC(=O)N1. The van der Waals surface area contributed by atoms with Crippen LogP contribution >= 0.6 is 0 Å². The second-order valence-corrected chi connectivity index (χ2v) is 8.73. The molecular weight excluding hydrogens is 450 g/mol. The molecule has 1 atom stereocenters. The first-order valence-corrected chi connectivity index (χ1v) is 11.6. The lowest BCUT2D eigenvalue weighted by Gasteiger charge is -2.32. The zero-order valence-electron chi connectivity index (χ0n) is 19.5. The van der Waals surface area contributed by atoms with Gasteiger partial charge in [-0.2, -0.15) is 0 Å². The maximum atomic E-state index is 13.0. The van der Waals surface area contributed by atoms with Gasteiger partial charge in [-0.15, -0.1) is 0 Å². The van der Waals surface area contributed by atoms with Crippen LogP contribution in [0, 0.1) is 5.92 Å². The second kappa shape index (κ2) is 10.9. The highest BCUT2D eigenvalue weighted by molar-refractivity contribution is 5.95. The highest BCUT2D eigenvalue weighted by atomic mass is 16.6. The smallest absolute Gasteiger partial charge is 0.410 e. The van der Waals surface area contributed by atoms with Gasteiger partial charge in [-0.05, 0) is 48.9 Å². The Morgan fingerprint density at radius 3 is 2.51 bits per heavy atom. The monoisotopic (exact) mass is 479 g/mol. The molecule has 0 aliphatic carbocycles. The van der Waals surface area contributed by atoms with Gasteiger partial charge in [-0.3, -0.25) is 0 Å². The summed E-state index contributed by atoms with van der Waals surface area (Å²) in [5.41, 5.74) is 2.21. The number of nitrogens with one attached hydrogen (secondary N) is 2. The van der Waals surface area contributed by atoms with Crippen LogP contribution in [0.5, 0.6) is 5.75 Å². The molecule has 0 aromatic heterocycles. The maximum absolute atomic E-state index is 13.0. The lowest BCUT2D eigenvalue weighted by atomic mass is 9.95. The van der Waals surface area contributed by atoms with Crippen molar-refractivity contribution in [2.24, 2.45) is 5.92 Å². The van der Waals surface area contributed by atoms with Gasteiger partial charge in [0.15, 0.2) is 0 Å². The summed E-state index contributed by atoms with van der Waals surface area (Å²) in [4.78, 5) is 39.0. The van der Waals surface area contributed by atoms with Crippen LogP contribution in [-0.2, 0) is 20.9 Å². The fourth-order valence-corrected chi connectivity index (χ4v) is 4.28. The number of carbonyl (C=O) groups is 3. The van der Waals surface area contributed by atoms with Crippen LogP contribution in [0.1, 0.15) is 36.9 Å². The van der Waals surface area contributed by atoms with Crippen molar-refractivity contribution in [3.63, 3.8) is 0 Å². The van der Waals surface area contributed by atoms with Crippen LogP contribution < -0.4 is 10.6 Å². The van der Waals surface area contributed by atoms with Crippen molar-refractivity contribution in [1.82, 2.24) is 15.5 Å². The number of ether oxygens (including phenoxy) is 2. The first-order valence-electron chi connectivity index (χ1n) is 11.6. The molecule has 1 unspecified atom stereocenters. The summed E-state index contributed by atoms with van der Waals surface area (Å²) in [5, 5.41) is 15.2. The largest absolute Gasteiger partial charge is 0.508 e. The molecule has 0 spiro atoms. The van der Waals surface area contributed by atoms with Gasteiger partial charge in [0.25, 0.3) is 0 Å². The van der Waals surface area contributed by atoms with E-state index in [0.29, 0.717) is 37.2 Å². The standard InChI is InChI=1S/C26H29N3O6/c1-17-22(23(28-25(32)27-17)20-8-5-9-21(30)14-20)24(31)34-15-19-10-12-29(13-11-19)26(33)35-16-18-6-3-2-4-7-18/h2-9,14,19,23,30H,10-13,15-16H2,1H3,(H2,27,28,32). The van der Waals surface area contributed by atoms with E-state index in [0.717, 1.165) is 5.56 Å². The third-order valence-electron chi connectivity index (χ3n) is 6.22. The predicted molar refractivity (Wildman–Crippen MR) is 127 cm³/mol. The van der Waals surface area contributed by atoms with Crippen molar-refractivity contribution in [3.05, 3.63) is 77.0 Å². The van der Waals surface area contributed by atoms with Crippen molar-refractivity contribution in [3.8, 4) is 5.75 Å². The van der Waals surface area contributed by atoms with E-state index < -0.39 is 18.0 Å². The van der Waals surface area contributed by atoms with Crippen LogP contribution in [0.4, 0.5) is 9.59 Å². The van der Waals surface area contributed by atoms with Gasteiger partial charge < -0.3 is 30.1 Å². The van der Waals surface area contributed by atoms with E-state index in [4.69, 9.17) is 9.47 Å². The Morgan fingerprint density at radius 2 is 1.80 bits per heavy atom. The number of allylic oxidation sites excluding steroid dienone is 1. The molecule has 1 fully saturated rings. The number of rotatable bonds is 6. The number of carbonyl (C=O) groups excluding carboxylic acids is 3. The van der Waals surface area contributed by atoms with Gasteiger partial charge in [0.2, 0.25) is 0 Å². The minimum absolute atomic E-state index is 0.0368. The Morgan fingerprint density at radius 1 is 1.06 bits per heavy atom. The Balaban J connectivity index is 1.29. The van der Waals surface area contributed by atoms with Crippen molar-refractivity contribution >= 4 is 18.1 Å². The van der Waals surface area contributed by atoms with Gasteiger partial charge in [0.1, 0.15) is 12.4 Å². The van der Waals surface area contributed by atoms with Crippen LogP contribution in [0.2, 0.25) is 0 Å². The quantitative estimate of drug-likeness (QED) is 0.545. The number of urea groups is 1. The van der Waals surface area contributed by atoms with Gasteiger partial charge >= 0.3 is 18.1 Å². The number of phenols is 1. The zero-order valence-corrected chi connectivity index (χ0v) is 19.5. The van der Waals surface area contributed by atoms with E-state index in [9.17, 15) is 19.5 Å². The molecule has 3 amide bonds. The summed E-state index contributed by atoms with van der Waals surface area (Å²) in [6, 6.07) is 14.8. The minimum atomic E-state index is -0.732. The van der Waals surface area contributed by atoms with Crippen molar-refractivity contribution < 1.29 is 29.0 Å². The summed E-state index contributed by atoms with van der Waals surface area (Å²) in [6.45, 7) is 3.15. The number of amides is 3. The van der Waals surface area contributed by atoms with E-state index in [-0.39, 0.29) is 36.5 Å². The van der Waals surface area contributed by atoms with Crippen molar-refractivity contribution in [1.29, 1.82) is 0 Å². The van der Waals surface area contributed by atoms with Gasteiger partial charge in [0.05, 0.1) is 18.2 Å². The molecule has 2 heterocycles. The number of benzene rings is 2. The molecule has 2 aliphatic heterocycles. The number of hydrogen-bond donors (Lipinski definition) is 3. The molecule has 9 heteroatoms. The molecule has 184 valence electrons. The fraction of sp³-hybridized carbons (Fsp3) is 0.346. The average Bonchev–Trinajstić information content (AvgIpc) is 2.86. The molecule has 0 saturated carbocycles. The Bertz CT molecular complexity index is 1110. The zero-order chi connectivity index (χ0) is 24.8. The van der Waals surface area contributed by atoms with Crippen molar-refractivity contribution in [2.45, 2.75) is 32.4 Å². The van der Waals surface area contributed by atoms with E-state index in [1.807, 2.05) is 30.3 Å². The summed E-state index contributed by atoms with van der Waals surface area (Å²) < 4.78 is 11.0. The Labute approximate surface area is 203 Å². The van der Waals surface area contributed by atoms with Gasteiger partial charge in [0, 0.05) is 18.8 Å². The molecule has 0 radical (unpaired) electrons. The molecule has 3 N–H and O–H groups in total. The Hall–Kier alpha value is -4.01. The van der Waals surface area contributed by atoms with Crippen molar-refractivity contribution in [2.75, 3.05) is 19.7 Å². The lowest BCUT2D eigenvalue weighted by Crippen LogP contribution is -2.45. The number of aromatic hydroxyl groups is 1. The van der Waals surface area contributed by atoms with E-state index >= 15 is 0 Å². The summed E-state index contributed by atoms with van der Waals surface area (Å²) in [7, 11) is 0. The summed E-state index contributed by atoms with van der Waals surface area (Å²) in [5.74, 6) is -0.383. The number of phenolic OH excluding ortho intramolecular Hbond substituents is 1. The van der Waals surface area contributed by atoms with Gasteiger partial charge in [-0.1, -0.05) is 42.5 Å². The molecule has 2 aromatic rings. The van der Waals surface area contributed by atoms with E-state index in [2.05, 4.69) is 10.6 Å². The van der Waals surface area contributed by atoms with E-state index in [1.165, 1.54) is 12.1 Å². The molecule has 35 heavy (non-hydrogen) atoms. The highest BCUT2D eigenvalue weighted by Crippen LogP contribution is 2.30. The topological polar surface area (TPSA) is 117 Å². The molecule has 0 bridgehead atoms. The predicted octanol–water partition coefficient (Wildman–Crippen LogP) is 3.61. The molecule has 4 rings (SSSR count). The lowest BCUT2D eigenvalue weighted by molar-refractivity contribution is -0.141. The number of nitrogens with zero attached hydrogens (tertiary/aromatic N) is 1. The number of likely N-dealkylation sites (tertiary alicyclic amines) is 1. The molecule has 9 nitrogen and oxygen atoms in total. The van der Waals surface area contributed by atoms with Crippen LogP contribution in [-0.4, -0.2) is 47.8 Å². The summed E-state index contributed by atoms with van der Waals surface area (Å²) in [6.07, 6.45) is 1.04. The van der Waals surface area contributed by atoms with E-state index in [1.54, 1.807) is 24.0 Å².